The van der Waals surface area contributed by atoms with E-state index in [0.717, 1.165) is 0 Å². The van der Waals surface area contributed by atoms with Crippen LogP contribution in [0, 0.1) is 11.3 Å². The summed E-state index contributed by atoms with van der Waals surface area (Å²) in [5.74, 6) is 0.939. The molecule has 0 spiro atoms. The molecule has 2 N–H and O–H groups in total. The minimum absolute atomic E-state index is 0.0645. The number of nitrogens with zero attached hydrogens (tertiary/aromatic N) is 2. The average Bonchev–Trinajstić information content (AvgIpc) is 2.61. The van der Waals surface area contributed by atoms with Gasteiger partial charge in [-0.25, -0.2) is 10.2 Å². The molecule has 0 fully saturated rings. The molecule has 0 saturated heterocycles. The highest BCUT2D eigenvalue weighted by Gasteiger charge is 2.05. The number of amides is 2. The Kier molecular flexibility index (Phi) is 6.17. The predicted molar refractivity (Wildman–Crippen MR) is 90.3 cm³/mol. The van der Waals surface area contributed by atoms with Crippen molar-refractivity contribution in [3.05, 3.63) is 54.1 Å². The second-order valence-corrected chi connectivity index (χ2v) is 4.55. The van der Waals surface area contributed by atoms with Crippen LogP contribution in [0.5, 0.6) is 11.5 Å². The first kappa shape index (κ1) is 16.8. The molecule has 2 aromatic rings. The zero-order chi connectivity index (χ0) is 17.2. The van der Waals surface area contributed by atoms with E-state index >= 15 is 0 Å². The van der Waals surface area contributed by atoms with Gasteiger partial charge in [0.05, 0.1) is 13.3 Å². The number of para-hydroxylation sites is 1. The summed E-state index contributed by atoms with van der Waals surface area (Å²) in [5, 5.41) is 15.0. The first-order chi connectivity index (χ1) is 11.7. The standard InChI is InChI=1S/C17H16N4O3/c1-23-16-11-13(7-8-15(16)24-10-9-18)12-19-21-17(22)20-14-5-3-2-4-6-14/h2-8,11-12H,10H2,1H3,(H2,20,21,22)/b19-12+. The Labute approximate surface area is 139 Å². The van der Waals surface area contributed by atoms with E-state index in [1.807, 2.05) is 24.3 Å². The van der Waals surface area contributed by atoms with Gasteiger partial charge in [-0.15, -0.1) is 0 Å². The van der Waals surface area contributed by atoms with E-state index in [1.54, 1.807) is 30.3 Å². The number of urea groups is 1. The maximum atomic E-state index is 11.7. The topological polar surface area (TPSA) is 95.7 Å². The lowest BCUT2D eigenvalue weighted by Gasteiger charge is -2.08. The Balaban J connectivity index is 1.94. The largest absolute Gasteiger partial charge is 0.493 e. The highest BCUT2D eigenvalue weighted by atomic mass is 16.5. The smallest absolute Gasteiger partial charge is 0.339 e. The van der Waals surface area contributed by atoms with Gasteiger partial charge in [0.15, 0.2) is 18.1 Å². The fraction of sp³-hybridized carbons (Fsp3) is 0.118. The van der Waals surface area contributed by atoms with Gasteiger partial charge in [0.25, 0.3) is 0 Å². The summed E-state index contributed by atoms with van der Waals surface area (Å²) in [7, 11) is 1.50. The zero-order valence-electron chi connectivity index (χ0n) is 13.0. The Hall–Kier alpha value is -3.53. The van der Waals surface area contributed by atoms with Crippen molar-refractivity contribution in [1.29, 1.82) is 5.26 Å². The third-order valence-corrected chi connectivity index (χ3v) is 2.89. The molecule has 0 atom stereocenters. The van der Waals surface area contributed by atoms with Crippen LogP contribution in [-0.4, -0.2) is 26.0 Å². The number of hydrogen-bond donors (Lipinski definition) is 2. The quantitative estimate of drug-likeness (QED) is 0.631. The van der Waals surface area contributed by atoms with Gasteiger partial charge in [0.2, 0.25) is 0 Å². The molecule has 0 bridgehead atoms. The van der Waals surface area contributed by atoms with Crippen LogP contribution in [0.15, 0.2) is 53.6 Å². The third kappa shape index (κ3) is 5.03. The lowest BCUT2D eigenvalue weighted by molar-refractivity contribution is 0.252. The molecular formula is C17H16N4O3. The zero-order valence-corrected chi connectivity index (χ0v) is 13.0. The maximum Gasteiger partial charge on any atom is 0.339 e. The minimum Gasteiger partial charge on any atom is -0.493 e. The Morgan fingerprint density at radius 3 is 2.75 bits per heavy atom. The Morgan fingerprint density at radius 2 is 2.04 bits per heavy atom. The lowest BCUT2D eigenvalue weighted by Crippen LogP contribution is -2.24. The van der Waals surface area contributed by atoms with Crippen molar-refractivity contribution in [2.75, 3.05) is 19.0 Å². The van der Waals surface area contributed by atoms with Crippen LogP contribution in [0.2, 0.25) is 0 Å². The summed E-state index contributed by atoms with van der Waals surface area (Å²) in [4.78, 5) is 11.7. The van der Waals surface area contributed by atoms with E-state index in [9.17, 15) is 4.79 Å². The van der Waals surface area contributed by atoms with Gasteiger partial charge in [0, 0.05) is 5.69 Å². The summed E-state index contributed by atoms with van der Waals surface area (Å²) in [6, 6.07) is 15.6. The summed E-state index contributed by atoms with van der Waals surface area (Å²) < 4.78 is 10.4. The normalized spacial score (nSPS) is 10.0. The second kappa shape index (κ2) is 8.80. The molecule has 0 unspecified atom stereocenters. The van der Waals surface area contributed by atoms with E-state index < -0.39 is 6.03 Å². The van der Waals surface area contributed by atoms with Crippen LogP contribution in [0.25, 0.3) is 0 Å². The first-order valence-electron chi connectivity index (χ1n) is 7.06. The molecule has 0 aliphatic heterocycles. The molecule has 24 heavy (non-hydrogen) atoms. The predicted octanol–water partition coefficient (Wildman–Crippen LogP) is 2.75. The van der Waals surface area contributed by atoms with E-state index in [2.05, 4.69) is 15.8 Å². The van der Waals surface area contributed by atoms with Crippen LogP contribution in [0.4, 0.5) is 10.5 Å². The van der Waals surface area contributed by atoms with E-state index in [1.165, 1.54) is 13.3 Å². The molecule has 0 aliphatic rings. The van der Waals surface area contributed by atoms with Gasteiger partial charge in [-0.3, -0.25) is 0 Å². The summed E-state index contributed by atoms with van der Waals surface area (Å²) in [6.45, 7) is -0.0645. The summed E-state index contributed by atoms with van der Waals surface area (Å²) in [6.07, 6.45) is 1.47. The minimum atomic E-state index is -0.446. The third-order valence-electron chi connectivity index (χ3n) is 2.89. The van der Waals surface area contributed by atoms with Crippen LogP contribution >= 0.6 is 0 Å². The van der Waals surface area contributed by atoms with Crippen LogP contribution in [0.1, 0.15) is 5.56 Å². The fourth-order valence-electron chi connectivity index (χ4n) is 1.84. The number of ether oxygens (including phenoxy) is 2. The number of nitriles is 1. The number of nitrogens with one attached hydrogen (secondary N) is 2. The van der Waals surface area contributed by atoms with E-state index in [0.29, 0.717) is 22.7 Å². The molecule has 0 radical (unpaired) electrons. The molecular weight excluding hydrogens is 308 g/mol. The fourth-order valence-corrected chi connectivity index (χ4v) is 1.84. The number of methoxy groups -OCH3 is 1. The molecule has 0 heterocycles. The Morgan fingerprint density at radius 1 is 1.25 bits per heavy atom. The SMILES string of the molecule is COc1cc(/C=N/NC(=O)Nc2ccccc2)ccc1OCC#N. The van der Waals surface area contributed by atoms with Crippen LogP contribution in [0.3, 0.4) is 0 Å². The first-order valence-corrected chi connectivity index (χ1v) is 7.06. The van der Waals surface area contributed by atoms with Crippen molar-refractivity contribution in [2.24, 2.45) is 5.10 Å². The van der Waals surface area contributed by atoms with Crippen molar-refractivity contribution >= 4 is 17.9 Å². The molecule has 0 saturated carbocycles. The molecule has 7 heteroatoms. The molecule has 7 nitrogen and oxygen atoms in total. The number of carbonyl (C=O) groups excluding carboxylic acids is 1. The summed E-state index contributed by atoms with van der Waals surface area (Å²) in [5.41, 5.74) is 3.75. The lowest BCUT2D eigenvalue weighted by atomic mass is 10.2. The molecule has 2 rings (SSSR count). The van der Waals surface area contributed by atoms with Crippen LogP contribution in [-0.2, 0) is 0 Å². The highest BCUT2D eigenvalue weighted by Crippen LogP contribution is 2.27. The van der Waals surface area contributed by atoms with Gasteiger partial charge < -0.3 is 14.8 Å². The number of benzene rings is 2. The number of hydrazone groups is 1. The van der Waals surface area contributed by atoms with Gasteiger partial charge in [-0.2, -0.15) is 10.4 Å². The van der Waals surface area contributed by atoms with Gasteiger partial charge in [0.1, 0.15) is 6.07 Å². The number of anilines is 1. The van der Waals surface area contributed by atoms with Crippen LogP contribution < -0.4 is 20.2 Å². The monoisotopic (exact) mass is 324 g/mol. The molecule has 122 valence electrons. The van der Waals surface area contributed by atoms with Gasteiger partial charge in [-0.1, -0.05) is 18.2 Å². The van der Waals surface area contributed by atoms with Crippen molar-refractivity contribution in [3.63, 3.8) is 0 Å². The van der Waals surface area contributed by atoms with Gasteiger partial charge in [-0.05, 0) is 35.9 Å². The second-order valence-electron chi connectivity index (χ2n) is 4.55. The maximum absolute atomic E-state index is 11.7. The number of hydrogen-bond acceptors (Lipinski definition) is 5. The van der Waals surface area contributed by atoms with E-state index in [4.69, 9.17) is 14.7 Å². The average molecular weight is 324 g/mol. The number of carbonyl (C=O) groups is 1. The molecule has 0 aromatic heterocycles. The Bertz CT molecular complexity index is 754. The van der Waals surface area contributed by atoms with Crippen molar-refractivity contribution < 1.29 is 14.3 Å². The number of rotatable bonds is 6. The molecule has 2 amide bonds. The summed E-state index contributed by atoms with van der Waals surface area (Å²) >= 11 is 0. The molecule has 2 aromatic carbocycles. The molecule has 0 aliphatic carbocycles. The van der Waals surface area contributed by atoms with E-state index in [-0.39, 0.29) is 6.61 Å². The van der Waals surface area contributed by atoms with Crippen molar-refractivity contribution in [3.8, 4) is 17.6 Å². The van der Waals surface area contributed by atoms with Gasteiger partial charge >= 0.3 is 6.03 Å². The van der Waals surface area contributed by atoms with Crippen molar-refractivity contribution in [1.82, 2.24) is 5.43 Å². The van der Waals surface area contributed by atoms with Crippen molar-refractivity contribution in [2.45, 2.75) is 0 Å². The highest BCUT2D eigenvalue weighted by molar-refractivity contribution is 5.90.